The third-order valence-corrected chi connectivity index (χ3v) is 5.27. The zero-order chi connectivity index (χ0) is 16.7. The van der Waals surface area contributed by atoms with E-state index >= 15 is 0 Å². The first-order valence-electron chi connectivity index (χ1n) is 7.26. The van der Waals surface area contributed by atoms with Crippen molar-refractivity contribution in [2.75, 3.05) is 4.90 Å². The molecule has 1 aliphatic rings. The van der Waals surface area contributed by atoms with Crippen LogP contribution in [0.25, 0.3) is 11.1 Å². The van der Waals surface area contributed by atoms with Crippen LogP contribution >= 0.6 is 27.7 Å². The van der Waals surface area contributed by atoms with E-state index < -0.39 is 5.25 Å². The van der Waals surface area contributed by atoms with Crippen LogP contribution in [0.15, 0.2) is 62.6 Å². The Morgan fingerprint density at radius 2 is 1.88 bits per heavy atom. The fraction of sp³-hybridized carbons (Fsp3) is 0.118. The van der Waals surface area contributed by atoms with E-state index in [9.17, 15) is 9.59 Å². The van der Waals surface area contributed by atoms with Crippen LogP contribution in [0.2, 0.25) is 0 Å². The molecular weight excluding hydrogens is 392 g/mol. The van der Waals surface area contributed by atoms with Gasteiger partial charge in [-0.1, -0.05) is 39.8 Å². The molecule has 1 saturated heterocycles. The minimum Gasteiger partial charge on any atom is -0.431 e. The first-order valence-corrected chi connectivity index (χ1v) is 8.94. The highest BCUT2D eigenvalue weighted by atomic mass is 79.9. The molecule has 1 aromatic heterocycles. The fourth-order valence-corrected chi connectivity index (χ4v) is 3.81. The molecule has 24 heavy (non-hydrogen) atoms. The largest absolute Gasteiger partial charge is 0.431 e. The van der Waals surface area contributed by atoms with Crippen LogP contribution in [0.1, 0.15) is 6.42 Å². The molecule has 2 heterocycles. The number of oxazole rings is 1. The Balaban J connectivity index is 1.57. The summed E-state index contributed by atoms with van der Waals surface area (Å²) in [6.07, 6.45) is 0.137. The Morgan fingerprint density at radius 1 is 1.12 bits per heavy atom. The molecule has 7 heteroatoms. The Kier molecular flexibility index (Phi) is 3.90. The molecule has 0 unspecified atom stereocenters. The first kappa shape index (κ1) is 15.4. The van der Waals surface area contributed by atoms with Gasteiger partial charge in [0.1, 0.15) is 10.8 Å². The highest BCUT2D eigenvalue weighted by molar-refractivity contribution is 9.10. The van der Waals surface area contributed by atoms with Crippen molar-refractivity contribution in [3.63, 3.8) is 0 Å². The van der Waals surface area contributed by atoms with Gasteiger partial charge in [0, 0.05) is 10.9 Å². The molecule has 1 fully saturated rings. The molecule has 3 aromatic rings. The van der Waals surface area contributed by atoms with Crippen molar-refractivity contribution in [3.05, 3.63) is 53.0 Å². The van der Waals surface area contributed by atoms with Crippen molar-refractivity contribution in [2.24, 2.45) is 0 Å². The molecule has 2 amide bonds. The van der Waals surface area contributed by atoms with Gasteiger partial charge < -0.3 is 4.42 Å². The second-order valence-electron chi connectivity index (χ2n) is 5.30. The van der Waals surface area contributed by atoms with Crippen molar-refractivity contribution < 1.29 is 14.0 Å². The second-order valence-corrected chi connectivity index (χ2v) is 7.37. The first-order chi connectivity index (χ1) is 11.6. The molecule has 0 N–H and O–H groups in total. The maximum atomic E-state index is 12.6. The van der Waals surface area contributed by atoms with Gasteiger partial charge in [0.25, 0.3) is 5.22 Å². The van der Waals surface area contributed by atoms with Crippen molar-refractivity contribution in [2.45, 2.75) is 16.9 Å². The zero-order valence-corrected chi connectivity index (χ0v) is 14.7. The van der Waals surface area contributed by atoms with Crippen LogP contribution < -0.4 is 4.90 Å². The van der Waals surface area contributed by atoms with Crippen molar-refractivity contribution in [1.29, 1.82) is 0 Å². The van der Waals surface area contributed by atoms with E-state index in [1.807, 2.05) is 24.3 Å². The quantitative estimate of drug-likeness (QED) is 0.619. The number of thioether (sulfide) groups is 1. The number of carbonyl (C=O) groups is 2. The summed E-state index contributed by atoms with van der Waals surface area (Å²) >= 11 is 4.54. The lowest BCUT2D eigenvalue weighted by atomic mass is 10.3. The van der Waals surface area contributed by atoms with E-state index in [0.717, 1.165) is 9.99 Å². The number of para-hydroxylation sites is 2. The molecule has 0 radical (unpaired) electrons. The summed E-state index contributed by atoms with van der Waals surface area (Å²) in [7, 11) is 0. The lowest BCUT2D eigenvalue weighted by Crippen LogP contribution is -2.31. The summed E-state index contributed by atoms with van der Waals surface area (Å²) in [5.74, 6) is -0.453. The van der Waals surface area contributed by atoms with Crippen LogP contribution in [0.3, 0.4) is 0 Å². The van der Waals surface area contributed by atoms with Gasteiger partial charge >= 0.3 is 0 Å². The summed E-state index contributed by atoms with van der Waals surface area (Å²) < 4.78 is 6.53. The number of rotatable bonds is 3. The second kappa shape index (κ2) is 6.07. The van der Waals surface area contributed by atoms with E-state index in [-0.39, 0.29) is 18.2 Å². The minimum absolute atomic E-state index is 0.137. The van der Waals surface area contributed by atoms with Crippen molar-refractivity contribution in [1.82, 2.24) is 4.98 Å². The molecule has 120 valence electrons. The van der Waals surface area contributed by atoms with Crippen LogP contribution in [-0.4, -0.2) is 22.0 Å². The standard InChI is InChI=1S/C17H11BrN2O3S/c18-10-5-7-11(8-6-10)20-15(21)9-14(16(20)22)24-17-19-12-3-1-2-4-13(12)23-17/h1-8,14H,9H2/t14-/m0/s1. The SMILES string of the molecule is O=C1C[C@H](Sc2nc3ccccc3o2)C(=O)N1c1ccc(Br)cc1. The fourth-order valence-electron chi connectivity index (χ4n) is 2.58. The van der Waals surface area contributed by atoms with E-state index in [1.54, 1.807) is 24.3 Å². The highest BCUT2D eigenvalue weighted by Gasteiger charge is 2.41. The van der Waals surface area contributed by atoms with Crippen LogP contribution in [-0.2, 0) is 9.59 Å². The summed E-state index contributed by atoms with van der Waals surface area (Å²) in [4.78, 5) is 30.5. The average molecular weight is 403 g/mol. The zero-order valence-electron chi connectivity index (χ0n) is 12.3. The minimum atomic E-state index is -0.519. The number of carbonyl (C=O) groups excluding carboxylic acids is 2. The number of nitrogens with zero attached hydrogens (tertiary/aromatic N) is 2. The molecule has 1 aliphatic heterocycles. The summed E-state index contributed by atoms with van der Waals surface area (Å²) in [5, 5.41) is -0.116. The number of hydrogen-bond donors (Lipinski definition) is 0. The molecule has 4 rings (SSSR count). The third-order valence-electron chi connectivity index (χ3n) is 3.71. The molecule has 0 aliphatic carbocycles. The Morgan fingerprint density at radius 3 is 2.62 bits per heavy atom. The topological polar surface area (TPSA) is 63.4 Å². The van der Waals surface area contributed by atoms with Gasteiger partial charge in [0.2, 0.25) is 11.8 Å². The number of benzene rings is 2. The van der Waals surface area contributed by atoms with Crippen molar-refractivity contribution >= 4 is 56.3 Å². The average Bonchev–Trinajstić information content (AvgIpc) is 3.09. The normalized spacial score (nSPS) is 17.9. The van der Waals surface area contributed by atoms with E-state index in [0.29, 0.717) is 16.5 Å². The number of fused-ring (bicyclic) bond motifs is 1. The smallest absolute Gasteiger partial charge is 0.257 e. The highest BCUT2D eigenvalue weighted by Crippen LogP contribution is 2.35. The van der Waals surface area contributed by atoms with Crippen molar-refractivity contribution in [3.8, 4) is 0 Å². The molecule has 1 atom stereocenters. The van der Waals surface area contributed by atoms with E-state index in [2.05, 4.69) is 20.9 Å². The third kappa shape index (κ3) is 2.74. The van der Waals surface area contributed by atoms with Gasteiger partial charge in [-0.3, -0.25) is 9.59 Å². The van der Waals surface area contributed by atoms with Gasteiger partial charge in [-0.05, 0) is 36.4 Å². The Labute approximate surface area is 150 Å². The number of anilines is 1. The Bertz CT molecular complexity index is 905. The number of halogens is 1. The van der Waals surface area contributed by atoms with Crippen LogP contribution in [0.4, 0.5) is 5.69 Å². The van der Waals surface area contributed by atoms with Gasteiger partial charge in [0.05, 0.1) is 5.69 Å². The summed E-state index contributed by atoms with van der Waals surface area (Å²) in [5.41, 5.74) is 1.98. The van der Waals surface area contributed by atoms with Gasteiger partial charge in [-0.2, -0.15) is 0 Å². The molecule has 5 nitrogen and oxygen atoms in total. The van der Waals surface area contributed by atoms with Crippen LogP contribution in [0.5, 0.6) is 0 Å². The molecule has 0 spiro atoms. The molecule has 2 aromatic carbocycles. The number of imide groups is 1. The lowest BCUT2D eigenvalue weighted by Gasteiger charge is -2.14. The number of hydrogen-bond acceptors (Lipinski definition) is 5. The number of aromatic nitrogens is 1. The van der Waals surface area contributed by atoms with E-state index in [1.165, 1.54) is 16.7 Å². The van der Waals surface area contributed by atoms with E-state index in [4.69, 9.17) is 4.42 Å². The summed E-state index contributed by atoms with van der Waals surface area (Å²) in [6.45, 7) is 0. The Hall–Kier alpha value is -2.12. The van der Waals surface area contributed by atoms with Gasteiger partial charge in [0.15, 0.2) is 5.58 Å². The van der Waals surface area contributed by atoms with Crippen LogP contribution in [0, 0.1) is 0 Å². The maximum absolute atomic E-state index is 12.6. The molecule has 0 bridgehead atoms. The molecule has 0 saturated carbocycles. The predicted octanol–water partition coefficient (Wildman–Crippen LogP) is 4.01. The van der Waals surface area contributed by atoms with Gasteiger partial charge in [-0.15, -0.1) is 0 Å². The number of amides is 2. The molecular formula is C17H11BrN2O3S. The lowest BCUT2D eigenvalue weighted by molar-refractivity contribution is -0.121. The predicted molar refractivity (Wildman–Crippen MR) is 94.9 cm³/mol. The monoisotopic (exact) mass is 402 g/mol. The van der Waals surface area contributed by atoms with Gasteiger partial charge in [-0.25, -0.2) is 9.88 Å². The summed E-state index contributed by atoms with van der Waals surface area (Å²) in [6, 6.07) is 14.5. The maximum Gasteiger partial charge on any atom is 0.257 e.